The molecule has 0 aliphatic heterocycles. The van der Waals surface area contributed by atoms with Crippen LogP contribution in [0.2, 0.25) is 0 Å². The standard InChI is InChI=1S/C20H26N2O.ClH/c1-13(2)16-8-10-17(11-9-16)19(21)12-22-20(23)18-7-5-6-14(3)15(18)4;/h5-11,13,19H,12,21H2,1-4H3,(H,22,23);1H. The van der Waals surface area contributed by atoms with Crippen LogP contribution in [0.15, 0.2) is 42.5 Å². The molecular formula is C20H27ClN2O. The summed E-state index contributed by atoms with van der Waals surface area (Å²) in [7, 11) is 0. The maximum atomic E-state index is 12.3. The monoisotopic (exact) mass is 346 g/mol. The first kappa shape index (κ1) is 20.2. The largest absolute Gasteiger partial charge is 0.350 e. The third-order valence-electron chi connectivity index (χ3n) is 4.36. The van der Waals surface area contributed by atoms with Crippen molar-refractivity contribution in [3.05, 3.63) is 70.3 Å². The zero-order chi connectivity index (χ0) is 17.0. The summed E-state index contributed by atoms with van der Waals surface area (Å²) >= 11 is 0. The highest BCUT2D eigenvalue weighted by Gasteiger charge is 2.12. The Morgan fingerprint density at radius 1 is 1.04 bits per heavy atom. The van der Waals surface area contributed by atoms with E-state index in [0.29, 0.717) is 18.0 Å². The molecule has 2 aromatic rings. The molecule has 0 radical (unpaired) electrons. The van der Waals surface area contributed by atoms with E-state index in [9.17, 15) is 4.79 Å². The van der Waals surface area contributed by atoms with Gasteiger partial charge in [-0.2, -0.15) is 0 Å². The first-order valence-electron chi connectivity index (χ1n) is 8.10. The topological polar surface area (TPSA) is 55.1 Å². The van der Waals surface area contributed by atoms with Crippen LogP contribution in [0.5, 0.6) is 0 Å². The lowest BCUT2D eigenvalue weighted by Gasteiger charge is -2.15. The molecule has 0 aromatic heterocycles. The molecule has 0 fully saturated rings. The maximum absolute atomic E-state index is 12.3. The van der Waals surface area contributed by atoms with Gasteiger partial charge in [0.15, 0.2) is 0 Å². The molecule has 2 rings (SSSR count). The van der Waals surface area contributed by atoms with Gasteiger partial charge in [-0.1, -0.05) is 50.2 Å². The molecule has 0 aliphatic carbocycles. The minimum Gasteiger partial charge on any atom is -0.350 e. The van der Waals surface area contributed by atoms with Crippen molar-refractivity contribution in [2.45, 2.75) is 39.7 Å². The molecule has 0 bridgehead atoms. The molecule has 3 nitrogen and oxygen atoms in total. The van der Waals surface area contributed by atoms with Crippen LogP contribution in [0.1, 0.15) is 58.4 Å². The van der Waals surface area contributed by atoms with Crippen molar-refractivity contribution in [1.29, 1.82) is 0 Å². The van der Waals surface area contributed by atoms with Crippen LogP contribution in [0.4, 0.5) is 0 Å². The number of benzene rings is 2. The Morgan fingerprint density at radius 2 is 1.62 bits per heavy atom. The third-order valence-corrected chi connectivity index (χ3v) is 4.36. The van der Waals surface area contributed by atoms with Gasteiger partial charge in [0, 0.05) is 18.2 Å². The average molecular weight is 347 g/mol. The Morgan fingerprint density at radius 3 is 2.21 bits per heavy atom. The highest BCUT2D eigenvalue weighted by atomic mass is 35.5. The number of carbonyl (C=O) groups is 1. The second kappa shape index (κ2) is 8.86. The van der Waals surface area contributed by atoms with Crippen molar-refractivity contribution < 1.29 is 4.79 Å². The third kappa shape index (κ3) is 4.83. The van der Waals surface area contributed by atoms with Gasteiger partial charge in [-0.3, -0.25) is 4.79 Å². The Bertz CT molecular complexity index is 681. The van der Waals surface area contributed by atoms with Crippen LogP contribution in [-0.2, 0) is 0 Å². The Hall–Kier alpha value is -1.84. The summed E-state index contributed by atoms with van der Waals surface area (Å²) in [5.41, 5.74) is 11.4. The zero-order valence-electron chi connectivity index (χ0n) is 14.8. The van der Waals surface area contributed by atoms with Crippen LogP contribution in [0.3, 0.4) is 0 Å². The van der Waals surface area contributed by atoms with Crippen LogP contribution in [0.25, 0.3) is 0 Å². The van der Waals surface area contributed by atoms with Crippen molar-refractivity contribution in [3.8, 4) is 0 Å². The van der Waals surface area contributed by atoms with Crippen molar-refractivity contribution in [1.82, 2.24) is 5.32 Å². The maximum Gasteiger partial charge on any atom is 0.251 e. The number of nitrogens with one attached hydrogen (secondary N) is 1. The van der Waals surface area contributed by atoms with Crippen molar-refractivity contribution in [2.75, 3.05) is 6.54 Å². The van der Waals surface area contributed by atoms with Crippen LogP contribution in [0, 0.1) is 13.8 Å². The number of halogens is 1. The molecule has 0 spiro atoms. The zero-order valence-corrected chi connectivity index (χ0v) is 15.6. The van der Waals surface area contributed by atoms with Gasteiger partial charge >= 0.3 is 0 Å². The number of carbonyl (C=O) groups excluding carboxylic acids is 1. The summed E-state index contributed by atoms with van der Waals surface area (Å²) < 4.78 is 0. The lowest BCUT2D eigenvalue weighted by molar-refractivity contribution is 0.0950. The minimum absolute atomic E-state index is 0. The van der Waals surface area contributed by atoms with Gasteiger partial charge in [-0.25, -0.2) is 0 Å². The molecule has 130 valence electrons. The van der Waals surface area contributed by atoms with Gasteiger partial charge in [0.25, 0.3) is 5.91 Å². The number of amides is 1. The summed E-state index contributed by atoms with van der Waals surface area (Å²) in [6, 6.07) is 13.9. The number of hydrogen-bond donors (Lipinski definition) is 2. The van der Waals surface area contributed by atoms with E-state index in [0.717, 1.165) is 16.7 Å². The number of rotatable bonds is 5. The Labute approximate surface area is 151 Å². The summed E-state index contributed by atoms with van der Waals surface area (Å²) in [5.74, 6) is 0.435. The molecule has 0 heterocycles. The van der Waals surface area contributed by atoms with Gasteiger partial charge in [0.1, 0.15) is 0 Å². The molecule has 2 aromatic carbocycles. The average Bonchev–Trinajstić information content (AvgIpc) is 2.55. The second-order valence-electron chi connectivity index (χ2n) is 6.39. The van der Waals surface area contributed by atoms with E-state index in [4.69, 9.17) is 5.73 Å². The SMILES string of the molecule is Cc1cccc(C(=O)NCC(N)c2ccc(C(C)C)cc2)c1C.Cl. The highest BCUT2D eigenvalue weighted by molar-refractivity contribution is 5.95. The fourth-order valence-electron chi connectivity index (χ4n) is 2.54. The minimum atomic E-state index is -0.203. The van der Waals surface area contributed by atoms with Crippen molar-refractivity contribution >= 4 is 18.3 Å². The fourth-order valence-corrected chi connectivity index (χ4v) is 2.54. The van der Waals surface area contributed by atoms with E-state index in [1.54, 1.807) is 0 Å². The first-order chi connectivity index (χ1) is 10.9. The van der Waals surface area contributed by atoms with Crippen molar-refractivity contribution in [2.24, 2.45) is 5.73 Å². The van der Waals surface area contributed by atoms with Gasteiger partial charge in [0.05, 0.1) is 0 Å². The molecule has 0 saturated heterocycles. The summed E-state index contributed by atoms with van der Waals surface area (Å²) in [6.45, 7) is 8.73. The van der Waals surface area contributed by atoms with E-state index in [-0.39, 0.29) is 24.4 Å². The number of nitrogens with two attached hydrogens (primary N) is 1. The van der Waals surface area contributed by atoms with E-state index in [2.05, 4.69) is 31.3 Å². The Kier molecular flexibility index (Phi) is 7.46. The molecule has 24 heavy (non-hydrogen) atoms. The van der Waals surface area contributed by atoms with E-state index in [1.165, 1.54) is 5.56 Å². The predicted molar refractivity (Wildman–Crippen MR) is 103 cm³/mol. The number of aryl methyl sites for hydroxylation is 1. The van der Waals surface area contributed by atoms with Gasteiger partial charge < -0.3 is 11.1 Å². The first-order valence-corrected chi connectivity index (χ1v) is 8.10. The van der Waals surface area contributed by atoms with Crippen LogP contribution in [-0.4, -0.2) is 12.5 Å². The normalized spacial score (nSPS) is 11.8. The summed E-state index contributed by atoms with van der Waals surface area (Å²) in [5, 5.41) is 2.94. The van der Waals surface area contributed by atoms with Gasteiger partial charge in [0.2, 0.25) is 0 Å². The molecule has 1 unspecified atom stereocenters. The molecule has 3 N–H and O–H groups in total. The fraction of sp³-hybridized carbons (Fsp3) is 0.350. The molecule has 1 atom stereocenters. The molecular weight excluding hydrogens is 320 g/mol. The lowest BCUT2D eigenvalue weighted by Crippen LogP contribution is -2.32. The van der Waals surface area contributed by atoms with Crippen LogP contribution < -0.4 is 11.1 Å². The van der Waals surface area contributed by atoms with Gasteiger partial charge in [-0.05, 0) is 48.1 Å². The Balaban J connectivity index is 0.00000288. The molecule has 1 amide bonds. The van der Waals surface area contributed by atoms with E-state index in [1.807, 2.05) is 44.2 Å². The van der Waals surface area contributed by atoms with Crippen molar-refractivity contribution in [3.63, 3.8) is 0 Å². The highest BCUT2D eigenvalue weighted by Crippen LogP contribution is 2.18. The van der Waals surface area contributed by atoms with E-state index >= 15 is 0 Å². The number of hydrogen-bond acceptors (Lipinski definition) is 2. The van der Waals surface area contributed by atoms with E-state index < -0.39 is 0 Å². The molecule has 0 saturated carbocycles. The quantitative estimate of drug-likeness (QED) is 0.849. The van der Waals surface area contributed by atoms with Crippen LogP contribution >= 0.6 is 12.4 Å². The predicted octanol–water partition coefficient (Wildman–Crippen LogP) is 4.28. The molecule has 4 heteroatoms. The lowest BCUT2D eigenvalue weighted by atomic mass is 9.99. The summed E-state index contributed by atoms with van der Waals surface area (Å²) in [6.07, 6.45) is 0. The second-order valence-corrected chi connectivity index (χ2v) is 6.39. The van der Waals surface area contributed by atoms with Gasteiger partial charge in [-0.15, -0.1) is 12.4 Å². The molecule has 0 aliphatic rings. The smallest absolute Gasteiger partial charge is 0.251 e. The summed E-state index contributed by atoms with van der Waals surface area (Å²) in [4.78, 5) is 12.3.